The fourth-order valence-electron chi connectivity index (χ4n) is 5.87. The molecule has 2 heterocycles. The summed E-state index contributed by atoms with van der Waals surface area (Å²) in [4.78, 5) is 4.69. The number of rotatable bonds is 4. The molecule has 0 fully saturated rings. The van der Waals surface area contributed by atoms with Crippen LogP contribution < -0.4 is 19.3 Å². The van der Waals surface area contributed by atoms with E-state index in [1.165, 1.54) is 0 Å². The molecular formula is C36H26N2O4S. The molecule has 210 valence electrons. The zero-order valence-corrected chi connectivity index (χ0v) is 23.9. The highest BCUT2D eigenvalue weighted by Gasteiger charge is 2.29. The van der Waals surface area contributed by atoms with Crippen molar-refractivity contribution >= 4 is 38.3 Å². The highest BCUT2D eigenvalue weighted by atomic mass is 32.2. The van der Waals surface area contributed by atoms with Crippen LogP contribution in [0.2, 0.25) is 0 Å². The third-order valence-corrected chi connectivity index (χ3v) is 9.71. The van der Waals surface area contributed by atoms with Crippen molar-refractivity contribution in [1.82, 2.24) is 0 Å². The van der Waals surface area contributed by atoms with Gasteiger partial charge in [0.05, 0.1) is 32.6 Å². The van der Waals surface area contributed by atoms with E-state index < -0.39 is 9.84 Å². The maximum absolute atomic E-state index is 13.7. The van der Waals surface area contributed by atoms with Crippen molar-refractivity contribution in [1.29, 1.82) is 0 Å². The van der Waals surface area contributed by atoms with Crippen molar-refractivity contribution < 1.29 is 17.9 Å². The van der Waals surface area contributed by atoms with Crippen molar-refractivity contribution in [2.75, 3.05) is 9.80 Å². The van der Waals surface area contributed by atoms with Crippen LogP contribution in [-0.4, -0.2) is 8.42 Å². The molecule has 43 heavy (non-hydrogen) atoms. The van der Waals surface area contributed by atoms with E-state index in [-0.39, 0.29) is 9.79 Å². The molecule has 0 saturated heterocycles. The Morgan fingerprint density at radius 1 is 0.535 bits per heavy atom. The van der Waals surface area contributed by atoms with E-state index in [0.29, 0.717) is 0 Å². The molecule has 2 aliphatic heterocycles. The number of nitrogens with zero attached hydrogens (tertiary/aromatic N) is 2. The maximum atomic E-state index is 13.7. The molecule has 5 aromatic rings. The van der Waals surface area contributed by atoms with Crippen LogP contribution in [0.15, 0.2) is 155 Å². The Hall–Kier alpha value is -5.27. The maximum Gasteiger partial charge on any atom is 0.206 e. The fourth-order valence-corrected chi connectivity index (χ4v) is 7.13. The average molecular weight is 583 g/mol. The summed E-state index contributed by atoms with van der Waals surface area (Å²) in [5, 5.41) is 0. The molecule has 0 bridgehead atoms. The number of fused-ring (bicyclic) bond motifs is 3. The first-order valence-corrected chi connectivity index (χ1v) is 15.6. The second-order valence-corrected chi connectivity index (χ2v) is 12.5. The van der Waals surface area contributed by atoms with Crippen molar-refractivity contribution in [3.8, 4) is 17.2 Å². The molecule has 7 heteroatoms. The number of anilines is 5. The highest BCUT2D eigenvalue weighted by Crippen LogP contribution is 2.50. The van der Waals surface area contributed by atoms with Gasteiger partial charge in [0.1, 0.15) is 5.76 Å². The molecule has 0 saturated carbocycles. The Bertz CT molecular complexity index is 2000. The van der Waals surface area contributed by atoms with Gasteiger partial charge in [0, 0.05) is 17.8 Å². The summed E-state index contributed by atoms with van der Waals surface area (Å²) in [6.07, 6.45) is 5.96. The minimum absolute atomic E-state index is 0.232. The lowest BCUT2D eigenvalue weighted by Gasteiger charge is -2.35. The van der Waals surface area contributed by atoms with Gasteiger partial charge in [-0.3, -0.25) is 0 Å². The van der Waals surface area contributed by atoms with Crippen LogP contribution in [0.4, 0.5) is 28.4 Å². The average Bonchev–Trinajstić information content (AvgIpc) is 3.06. The largest absolute Gasteiger partial charge is 0.457 e. The molecule has 0 amide bonds. The van der Waals surface area contributed by atoms with Crippen LogP contribution in [0.3, 0.4) is 0 Å². The second kappa shape index (κ2) is 9.93. The van der Waals surface area contributed by atoms with E-state index in [1.807, 2.05) is 97.1 Å². The standard InChI is InChI=1S/C36H26N2O4S/c39-43(40,27-21-17-25(18-22-27)37-29-9-1-5-13-33(29)41-34-14-6-2-10-30(34)37)28-23-19-26(20-24-28)38-31-11-3-7-15-35(31)42-36-16-8-4-12-32(36)38/h1-7,9-15,17-24H,8,16H2. The molecule has 0 radical (unpaired) electrons. The topological polar surface area (TPSA) is 59.1 Å². The second-order valence-electron chi connectivity index (χ2n) is 10.5. The summed E-state index contributed by atoms with van der Waals surface area (Å²) in [6, 6.07) is 37.6. The Morgan fingerprint density at radius 3 is 1.56 bits per heavy atom. The highest BCUT2D eigenvalue weighted by molar-refractivity contribution is 7.91. The third kappa shape index (κ3) is 4.20. The quantitative estimate of drug-likeness (QED) is 0.207. The smallest absolute Gasteiger partial charge is 0.206 e. The van der Waals surface area contributed by atoms with Gasteiger partial charge in [-0.1, -0.05) is 42.5 Å². The number of sulfone groups is 1. The number of hydrogen-bond donors (Lipinski definition) is 0. The summed E-state index contributed by atoms with van der Waals surface area (Å²) < 4.78 is 39.8. The first-order chi connectivity index (χ1) is 21.1. The first-order valence-electron chi connectivity index (χ1n) is 14.2. The van der Waals surface area contributed by atoms with E-state index in [4.69, 9.17) is 9.47 Å². The summed E-state index contributed by atoms with van der Waals surface area (Å²) >= 11 is 0. The van der Waals surface area contributed by atoms with Crippen LogP contribution in [0, 0.1) is 0 Å². The van der Waals surface area contributed by atoms with Gasteiger partial charge in [-0.05, 0) is 97.4 Å². The van der Waals surface area contributed by atoms with Gasteiger partial charge in [-0.25, -0.2) is 8.42 Å². The SMILES string of the molecule is O=S(=O)(c1ccc(N2C3=C(CCC=C3)Oc3ccccc32)cc1)c1ccc(N2c3ccccc3Oc3ccccc32)cc1. The lowest BCUT2D eigenvalue weighted by atomic mass is 10.0. The minimum Gasteiger partial charge on any atom is -0.457 e. The zero-order chi connectivity index (χ0) is 29.0. The molecule has 5 aromatic carbocycles. The van der Waals surface area contributed by atoms with Gasteiger partial charge < -0.3 is 19.3 Å². The molecule has 6 nitrogen and oxygen atoms in total. The molecule has 3 aliphatic rings. The van der Waals surface area contributed by atoms with E-state index >= 15 is 0 Å². The number of ether oxygens (including phenoxy) is 2. The lowest BCUT2D eigenvalue weighted by Crippen LogP contribution is -2.24. The number of para-hydroxylation sites is 6. The Balaban J connectivity index is 1.12. The van der Waals surface area contributed by atoms with E-state index in [0.717, 1.165) is 70.0 Å². The molecule has 0 aromatic heterocycles. The molecule has 0 N–H and O–H groups in total. The Morgan fingerprint density at radius 2 is 1.00 bits per heavy atom. The minimum atomic E-state index is -3.75. The number of benzene rings is 5. The lowest BCUT2D eigenvalue weighted by molar-refractivity contribution is 0.388. The van der Waals surface area contributed by atoms with Gasteiger partial charge in [-0.15, -0.1) is 0 Å². The molecule has 8 rings (SSSR count). The summed E-state index contributed by atoms with van der Waals surface area (Å²) in [5.41, 5.74) is 5.39. The molecule has 0 unspecified atom stereocenters. The van der Waals surface area contributed by atoms with Crippen molar-refractivity contribution in [2.45, 2.75) is 22.6 Å². The molecular weight excluding hydrogens is 556 g/mol. The summed E-state index contributed by atoms with van der Waals surface area (Å²) in [5.74, 6) is 3.20. The monoisotopic (exact) mass is 582 g/mol. The number of hydrogen-bond acceptors (Lipinski definition) is 6. The normalized spacial score (nSPS) is 15.1. The van der Waals surface area contributed by atoms with Crippen molar-refractivity contribution in [2.24, 2.45) is 0 Å². The van der Waals surface area contributed by atoms with Crippen LogP contribution in [0.25, 0.3) is 0 Å². The summed E-state index contributed by atoms with van der Waals surface area (Å²) in [7, 11) is -3.75. The van der Waals surface area contributed by atoms with Crippen LogP contribution in [-0.2, 0) is 9.84 Å². The van der Waals surface area contributed by atoms with Crippen LogP contribution in [0.1, 0.15) is 12.8 Å². The van der Waals surface area contributed by atoms with Gasteiger partial charge in [-0.2, -0.15) is 0 Å². The zero-order valence-electron chi connectivity index (χ0n) is 23.1. The predicted octanol–water partition coefficient (Wildman–Crippen LogP) is 9.19. The van der Waals surface area contributed by atoms with Gasteiger partial charge >= 0.3 is 0 Å². The Kier molecular flexibility index (Phi) is 5.87. The van der Waals surface area contributed by atoms with Crippen LogP contribution in [0.5, 0.6) is 17.2 Å². The van der Waals surface area contributed by atoms with Gasteiger partial charge in [0.25, 0.3) is 0 Å². The summed E-state index contributed by atoms with van der Waals surface area (Å²) in [6.45, 7) is 0. The van der Waals surface area contributed by atoms with Gasteiger partial charge in [0.2, 0.25) is 9.84 Å². The van der Waals surface area contributed by atoms with E-state index in [2.05, 4.69) is 22.0 Å². The van der Waals surface area contributed by atoms with Gasteiger partial charge in [0.15, 0.2) is 17.2 Å². The molecule has 0 atom stereocenters. The van der Waals surface area contributed by atoms with Crippen LogP contribution >= 0.6 is 0 Å². The predicted molar refractivity (Wildman–Crippen MR) is 168 cm³/mol. The first kappa shape index (κ1) is 25.4. The van der Waals surface area contributed by atoms with E-state index in [9.17, 15) is 8.42 Å². The molecule has 0 spiro atoms. The Labute approximate surface area is 250 Å². The third-order valence-electron chi connectivity index (χ3n) is 7.92. The van der Waals surface area contributed by atoms with E-state index in [1.54, 1.807) is 24.3 Å². The number of allylic oxidation sites excluding steroid dienone is 3. The van der Waals surface area contributed by atoms with Crippen molar-refractivity contribution in [3.05, 3.63) is 145 Å². The fraction of sp³-hybridized carbons (Fsp3) is 0.0556. The van der Waals surface area contributed by atoms with Crippen molar-refractivity contribution in [3.63, 3.8) is 0 Å². The molecule has 1 aliphatic carbocycles.